The second-order valence-electron chi connectivity index (χ2n) is 3.84. The van der Waals surface area contributed by atoms with Crippen LogP contribution in [0.15, 0.2) is 41.6 Å². The van der Waals surface area contributed by atoms with Gasteiger partial charge in [-0.1, -0.05) is 12.1 Å². The molecule has 2 aromatic rings. The van der Waals surface area contributed by atoms with Crippen LogP contribution in [0.4, 0.5) is 5.69 Å². The maximum absolute atomic E-state index is 5.67. The molecule has 16 heavy (non-hydrogen) atoms. The molecule has 4 nitrogen and oxygen atoms in total. The molecule has 0 radical (unpaired) electrons. The summed E-state index contributed by atoms with van der Waals surface area (Å²) >= 11 is 0. The van der Waals surface area contributed by atoms with E-state index in [0.717, 1.165) is 29.6 Å². The maximum Gasteiger partial charge on any atom is 0.122 e. The molecule has 0 saturated heterocycles. The molecular formula is C12H12N4. The number of amidine groups is 1. The first-order chi connectivity index (χ1) is 7.83. The van der Waals surface area contributed by atoms with E-state index in [4.69, 9.17) is 5.73 Å². The van der Waals surface area contributed by atoms with E-state index in [2.05, 4.69) is 16.2 Å². The molecule has 0 unspecified atom stereocenters. The van der Waals surface area contributed by atoms with Crippen molar-refractivity contribution in [2.24, 2.45) is 10.8 Å². The van der Waals surface area contributed by atoms with Crippen molar-refractivity contribution >= 4 is 22.4 Å². The summed E-state index contributed by atoms with van der Waals surface area (Å²) < 4.78 is 0. The van der Waals surface area contributed by atoms with Gasteiger partial charge in [0.25, 0.3) is 0 Å². The summed E-state index contributed by atoms with van der Waals surface area (Å²) in [5.74, 6) is 0.695. The Morgan fingerprint density at radius 3 is 3.00 bits per heavy atom. The second kappa shape index (κ2) is 3.48. The van der Waals surface area contributed by atoms with Crippen LogP contribution in [-0.2, 0) is 0 Å². The van der Waals surface area contributed by atoms with E-state index in [1.54, 1.807) is 6.20 Å². The summed E-state index contributed by atoms with van der Waals surface area (Å²) in [5, 5.41) is 7.33. The Morgan fingerprint density at radius 1 is 1.25 bits per heavy atom. The van der Waals surface area contributed by atoms with Crippen molar-refractivity contribution in [1.29, 1.82) is 0 Å². The van der Waals surface area contributed by atoms with Gasteiger partial charge in [-0.3, -0.25) is 9.99 Å². The number of nitrogens with zero attached hydrogens (tertiary/aromatic N) is 3. The number of nitrogens with two attached hydrogens (primary N) is 1. The van der Waals surface area contributed by atoms with Gasteiger partial charge in [0.05, 0.1) is 11.2 Å². The second-order valence-corrected chi connectivity index (χ2v) is 3.84. The smallest absolute Gasteiger partial charge is 0.122 e. The molecule has 1 aromatic carbocycles. The average molecular weight is 212 g/mol. The fourth-order valence-electron chi connectivity index (χ4n) is 1.88. The Morgan fingerprint density at radius 2 is 2.19 bits per heavy atom. The number of rotatable bonds is 1. The minimum atomic E-state index is 0.695. The highest BCUT2D eigenvalue weighted by Gasteiger charge is 2.13. The van der Waals surface area contributed by atoms with Crippen LogP contribution in [0, 0.1) is 0 Å². The van der Waals surface area contributed by atoms with Crippen molar-refractivity contribution in [1.82, 2.24) is 4.98 Å². The number of hydrogen-bond acceptors (Lipinski definition) is 4. The molecule has 2 N–H and O–H groups in total. The van der Waals surface area contributed by atoms with Crippen LogP contribution >= 0.6 is 0 Å². The standard InChI is InChI=1S/C12H12N4/c13-12-5-7-16(15-12)10-4-3-9-2-1-6-14-11(9)8-10/h1-4,6,8H,5,7H2,(H2,13,15). The molecule has 1 aromatic heterocycles. The fourth-order valence-corrected chi connectivity index (χ4v) is 1.88. The molecule has 4 heteroatoms. The molecule has 1 aliphatic heterocycles. The Bertz CT molecular complexity index is 562. The van der Waals surface area contributed by atoms with Crippen LogP contribution in [0.3, 0.4) is 0 Å². The summed E-state index contributed by atoms with van der Waals surface area (Å²) in [4.78, 5) is 4.33. The lowest BCUT2D eigenvalue weighted by Crippen LogP contribution is -2.11. The predicted molar refractivity (Wildman–Crippen MR) is 65.3 cm³/mol. The van der Waals surface area contributed by atoms with E-state index < -0.39 is 0 Å². The number of hydrogen-bond donors (Lipinski definition) is 1. The van der Waals surface area contributed by atoms with Gasteiger partial charge < -0.3 is 5.73 Å². The van der Waals surface area contributed by atoms with Gasteiger partial charge >= 0.3 is 0 Å². The maximum atomic E-state index is 5.67. The lowest BCUT2D eigenvalue weighted by atomic mass is 10.2. The first kappa shape index (κ1) is 9.15. The van der Waals surface area contributed by atoms with Crippen LogP contribution in [0.1, 0.15) is 6.42 Å². The molecule has 3 rings (SSSR count). The molecule has 0 spiro atoms. The molecule has 0 bridgehead atoms. The molecule has 0 amide bonds. The van der Waals surface area contributed by atoms with E-state index >= 15 is 0 Å². The molecule has 1 aliphatic rings. The monoisotopic (exact) mass is 212 g/mol. The quantitative estimate of drug-likeness (QED) is 0.783. The van der Waals surface area contributed by atoms with E-state index in [0.29, 0.717) is 5.84 Å². The minimum Gasteiger partial charge on any atom is -0.386 e. The van der Waals surface area contributed by atoms with Crippen molar-refractivity contribution in [3.8, 4) is 0 Å². The lowest BCUT2D eigenvalue weighted by Gasteiger charge is -2.13. The van der Waals surface area contributed by atoms with Crippen LogP contribution in [-0.4, -0.2) is 17.4 Å². The third-order valence-corrected chi connectivity index (χ3v) is 2.72. The Hall–Kier alpha value is -2.10. The summed E-state index contributed by atoms with van der Waals surface area (Å²) in [6, 6.07) is 10.1. The van der Waals surface area contributed by atoms with Gasteiger partial charge in [0.15, 0.2) is 0 Å². The highest BCUT2D eigenvalue weighted by Crippen LogP contribution is 2.22. The minimum absolute atomic E-state index is 0.695. The SMILES string of the molecule is NC1=NN(c2ccc3cccnc3c2)CC1. The zero-order valence-corrected chi connectivity index (χ0v) is 8.80. The Labute approximate surface area is 93.4 Å². The molecule has 0 saturated carbocycles. The molecule has 0 atom stereocenters. The lowest BCUT2D eigenvalue weighted by molar-refractivity contribution is 0.923. The van der Waals surface area contributed by atoms with Crippen LogP contribution < -0.4 is 10.7 Å². The van der Waals surface area contributed by atoms with Gasteiger partial charge in [0.2, 0.25) is 0 Å². The third-order valence-electron chi connectivity index (χ3n) is 2.72. The van der Waals surface area contributed by atoms with Gasteiger partial charge in [0, 0.05) is 24.5 Å². The Balaban J connectivity index is 2.05. The molecule has 80 valence electrons. The third kappa shape index (κ3) is 1.48. The van der Waals surface area contributed by atoms with E-state index in [1.807, 2.05) is 29.3 Å². The number of aromatic nitrogens is 1. The zero-order chi connectivity index (χ0) is 11.0. The van der Waals surface area contributed by atoms with Crippen LogP contribution in [0.2, 0.25) is 0 Å². The summed E-state index contributed by atoms with van der Waals surface area (Å²) in [6.45, 7) is 0.851. The number of hydrazone groups is 1. The average Bonchev–Trinajstić information content (AvgIpc) is 2.75. The summed E-state index contributed by atoms with van der Waals surface area (Å²) in [5.41, 5.74) is 7.70. The zero-order valence-electron chi connectivity index (χ0n) is 8.80. The number of pyridine rings is 1. The normalized spacial score (nSPS) is 15.5. The summed E-state index contributed by atoms with van der Waals surface area (Å²) in [6.07, 6.45) is 2.63. The fraction of sp³-hybridized carbons (Fsp3) is 0.167. The van der Waals surface area contributed by atoms with Crippen LogP contribution in [0.5, 0.6) is 0 Å². The Kier molecular flexibility index (Phi) is 1.99. The van der Waals surface area contributed by atoms with Crippen molar-refractivity contribution in [3.05, 3.63) is 36.5 Å². The first-order valence-electron chi connectivity index (χ1n) is 5.28. The van der Waals surface area contributed by atoms with E-state index in [9.17, 15) is 0 Å². The highest BCUT2D eigenvalue weighted by molar-refractivity contribution is 5.86. The number of benzene rings is 1. The number of anilines is 1. The topological polar surface area (TPSA) is 54.5 Å². The van der Waals surface area contributed by atoms with E-state index in [1.165, 1.54) is 0 Å². The van der Waals surface area contributed by atoms with Crippen LogP contribution in [0.25, 0.3) is 10.9 Å². The number of fused-ring (bicyclic) bond motifs is 1. The predicted octanol–water partition coefficient (Wildman–Crippen LogP) is 1.72. The molecule has 0 fully saturated rings. The highest BCUT2D eigenvalue weighted by atomic mass is 15.5. The summed E-state index contributed by atoms with van der Waals surface area (Å²) in [7, 11) is 0. The van der Waals surface area contributed by atoms with Gasteiger partial charge in [-0.05, 0) is 18.2 Å². The van der Waals surface area contributed by atoms with Crippen molar-refractivity contribution < 1.29 is 0 Å². The van der Waals surface area contributed by atoms with Gasteiger partial charge in [0.1, 0.15) is 5.84 Å². The molecular weight excluding hydrogens is 200 g/mol. The van der Waals surface area contributed by atoms with Crippen molar-refractivity contribution in [3.63, 3.8) is 0 Å². The first-order valence-corrected chi connectivity index (χ1v) is 5.28. The largest absolute Gasteiger partial charge is 0.386 e. The van der Waals surface area contributed by atoms with Gasteiger partial charge in [-0.2, -0.15) is 5.10 Å². The van der Waals surface area contributed by atoms with Crippen molar-refractivity contribution in [2.75, 3.05) is 11.6 Å². The van der Waals surface area contributed by atoms with Crippen molar-refractivity contribution in [2.45, 2.75) is 6.42 Å². The van der Waals surface area contributed by atoms with Gasteiger partial charge in [-0.15, -0.1) is 0 Å². The van der Waals surface area contributed by atoms with E-state index in [-0.39, 0.29) is 0 Å². The molecule has 0 aliphatic carbocycles. The molecule has 2 heterocycles. The van der Waals surface area contributed by atoms with Gasteiger partial charge in [-0.25, -0.2) is 0 Å².